The van der Waals surface area contributed by atoms with Crippen molar-refractivity contribution in [1.82, 2.24) is 4.98 Å². The predicted molar refractivity (Wildman–Crippen MR) is 102 cm³/mol. The normalized spacial score (nSPS) is 10.7. The van der Waals surface area contributed by atoms with Gasteiger partial charge in [0, 0.05) is 12.4 Å². The Labute approximate surface area is 156 Å². The van der Waals surface area contributed by atoms with Crippen molar-refractivity contribution < 1.29 is 18.7 Å². The van der Waals surface area contributed by atoms with Crippen LogP contribution in [0.5, 0.6) is 11.5 Å². The van der Waals surface area contributed by atoms with Crippen LogP contribution in [0.25, 0.3) is 12.2 Å². The summed E-state index contributed by atoms with van der Waals surface area (Å²) in [7, 11) is 1.52. The molecule has 0 spiro atoms. The molecule has 0 aliphatic carbocycles. The number of carbonyl (C=O) groups excluding carboxylic acids is 1. The molecule has 1 heterocycles. The number of esters is 1. The third-order valence-corrected chi connectivity index (χ3v) is 3.85. The van der Waals surface area contributed by atoms with Crippen molar-refractivity contribution in [2.45, 2.75) is 6.42 Å². The number of benzene rings is 2. The zero-order valence-corrected chi connectivity index (χ0v) is 14.8. The number of hydrogen-bond donors (Lipinski definition) is 0. The van der Waals surface area contributed by atoms with Crippen molar-refractivity contribution in [3.05, 3.63) is 89.5 Å². The Hall–Kier alpha value is -3.47. The highest BCUT2D eigenvalue weighted by atomic mass is 19.1. The van der Waals surface area contributed by atoms with E-state index in [-0.39, 0.29) is 12.2 Å². The van der Waals surface area contributed by atoms with Crippen molar-refractivity contribution in [2.24, 2.45) is 0 Å². The first kappa shape index (κ1) is 18.3. The Morgan fingerprint density at radius 1 is 0.963 bits per heavy atom. The van der Waals surface area contributed by atoms with Gasteiger partial charge in [0.05, 0.1) is 13.5 Å². The van der Waals surface area contributed by atoms with Gasteiger partial charge in [0.2, 0.25) is 0 Å². The molecule has 3 aromatic rings. The smallest absolute Gasteiger partial charge is 0.315 e. The second-order valence-electron chi connectivity index (χ2n) is 5.80. The summed E-state index contributed by atoms with van der Waals surface area (Å²) in [5.41, 5.74) is 2.61. The lowest BCUT2D eigenvalue weighted by molar-refractivity contribution is -0.133. The summed E-state index contributed by atoms with van der Waals surface area (Å²) in [6, 6.07) is 14.9. The number of halogens is 1. The Morgan fingerprint density at radius 2 is 1.67 bits per heavy atom. The minimum atomic E-state index is -0.444. The largest absolute Gasteiger partial charge is 0.493 e. The lowest BCUT2D eigenvalue weighted by Gasteiger charge is -2.10. The molecule has 2 aromatic carbocycles. The topological polar surface area (TPSA) is 48.4 Å². The van der Waals surface area contributed by atoms with Crippen LogP contribution in [-0.4, -0.2) is 18.1 Å². The maximum absolute atomic E-state index is 12.9. The zero-order chi connectivity index (χ0) is 19.1. The van der Waals surface area contributed by atoms with E-state index in [0.717, 1.165) is 11.1 Å². The SMILES string of the molecule is COc1cc(/C=C/c2ccncc2)ccc1OC(=O)Cc1ccc(F)cc1. The van der Waals surface area contributed by atoms with Gasteiger partial charge in [-0.3, -0.25) is 9.78 Å². The second-order valence-corrected chi connectivity index (χ2v) is 5.80. The summed E-state index contributed by atoms with van der Waals surface area (Å²) < 4.78 is 23.7. The van der Waals surface area contributed by atoms with Gasteiger partial charge in [-0.05, 0) is 53.1 Å². The Morgan fingerprint density at radius 3 is 2.37 bits per heavy atom. The predicted octanol–water partition coefficient (Wildman–Crippen LogP) is 4.55. The van der Waals surface area contributed by atoms with E-state index in [9.17, 15) is 9.18 Å². The molecular weight excluding hydrogens is 345 g/mol. The summed E-state index contributed by atoms with van der Waals surface area (Å²) in [4.78, 5) is 16.1. The first-order valence-corrected chi connectivity index (χ1v) is 8.35. The van der Waals surface area contributed by atoms with E-state index in [2.05, 4.69) is 4.98 Å². The van der Waals surface area contributed by atoms with Gasteiger partial charge in [-0.15, -0.1) is 0 Å². The minimum Gasteiger partial charge on any atom is -0.493 e. The quantitative estimate of drug-likeness (QED) is 0.476. The molecule has 4 nitrogen and oxygen atoms in total. The fourth-order valence-corrected chi connectivity index (χ4v) is 2.47. The van der Waals surface area contributed by atoms with Crippen molar-refractivity contribution in [1.29, 1.82) is 0 Å². The third-order valence-electron chi connectivity index (χ3n) is 3.85. The number of ether oxygens (including phenoxy) is 2. The molecule has 0 aliphatic heterocycles. The van der Waals surface area contributed by atoms with E-state index in [4.69, 9.17) is 9.47 Å². The highest BCUT2D eigenvalue weighted by molar-refractivity contribution is 5.77. The molecule has 0 unspecified atom stereocenters. The lowest BCUT2D eigenvalue weighted by atomic mass is 10.1. The molecule has 0 aliphatic rings. The van der Waals surface area contributed by atoms with Gasteiger partial charge in [0.15, 0.2) is 11.5 Å². The fourth-order valence-electron chi connectivity index (χ4n) is 2.47. The van der Waals surface area contributed by atoms with Gasteiger partial charge in [0.1, 0.15) is 5.82 Å². The van der Waals surface area contributed by atoms with Crippen LogP contribution >= 0.6 is 0 Å². The number of rotatable bonds is 6. The lowest BCUT2D eigenvalue weighted by Crippen LogP contribution is -2.12. The van der Waals surface area contributed by atoms with Crippen LogP contribution in [0.4, 0.5) is 4.39 Å². The molecule has 0 amide bonds. The van der Waals surface area contributed by atoms with Crippen LogP contribution < -0.4 is 9.47 Å². The monoisotopic (exact) mass is 363 g/mol. The standard InChI is InChI=1S/C22H18FNO3/c1-26-21-14-17(3-2-16-10-12-24-13-11-16)6-9-20(21)27-22(25)15-18-4-7-19(23)8-5-18/h2-14H,15H2,1H3/b3-2+. The molecule has 0 N–H and O–H groups in total. The van der Waals surface area contributed by atoms with Crippen LogP contribution in [0, 0.1) is 5.82 Å². The fraction of sp³-hybridized carbons (Fsp3) is 0.0909. The molecule has 5 heteroatoms. The molecule has 0 saturated heterocycles. The highest BCUT2D eigenvalue weighted by Gasteiger charge is 2.11. The number of aromatic nitrogens is 1. The molecule has 0 bridgehead atoms. The van der Waals surface area contributed by atoms with Gasteiger partial charge >= 0.3 is 5.97 Å². The maximum Gasteiger partial charge on any atom is 0.315 e. The third kappa shape index (κ3) is 5.25. The van der Waals surface area contributed by atoms with Crippen LogP contribution in [0.3, 0.4) is 0 Å². The summed E-state index contributed by atoms with van der Waals surface area (Å²) in [5, 5.41) is 0. The molecule has 3 rings (SSSR count). The van der Waals surface area contributed by atoms with E-state index in [1.54, 1.807) is 36.7 Å². The molecule has 0 saturated carbocycles. The Bertz CT molecular complexity index is 938. The van der Waals surface area contributed by atoms with Crippen LogP contribution in [0.1, 0.15) is 16.7 Å². The maximum atomic E-state index is 12.9. The van der Waals surface area contributed by atoms with Gasteiger partial charge in [-0.2, -0.15) is 0 Å². The summed E-state index contributed by atoms with van der Waals surface area (Å²) in [6.07, 6.45) is 7.39. The van der Waals surface area contributed by atoms with Crippen molar-refractivity contribution in [2.75, 3.05) is 7.11 Å². The van der Waals surface area contributed by atoms with Crippen molar-refractivity contribution >= 4 is 18.1 Å². The number of methoxy groups -OCH3 is 1. The highest BCUT2D eigenvalue weighted by Crippen LogP contribution is 2.29. The Balaban J connectivity index is 1.69. The van der Waals surface area contributed by atoms with Gasteiger partial charge in [-0.25, -0.2) is 4.39 Å². The van der Waals surface area contributed by atoms with E-state index >= 15 is 0 Å². The summed E-state index contributed by atoms with van der Waals surface area (Å²) in [5.74, 6) is 0.00851. The Kier molecular flexibility index (Phi) is 5.94. The second kappa shape index (κ2) is 8.76. The van der Waals surface area contributed by atoms with Gasteiger partial charge in [0.25, 0.3) is 0 Å². The van der Waals surface area contributed by atoms with E-state index < -0.39 is 5.97 Å². The van der Waals surface area contributed by atoms with E-state index in [1.807, 2.05) is 30.4 Å². The van der Waals surface area contributed by atoms with Crippen LogP contribution in [0.15, 0.2) is 67.0 Å². The number of pyridine rings is 1. The molecule has 1 aromatic heterocycles. The zero-order valence-electron chi connectivity index (χ0n) is 14.8. The number of nitrogens with zero attached hydrogens (tertiary/aromatic N) is 1. The van der Waals surface area contributed by atoms with Crippen LogP contribution in [0.2, 0.25) is 0 Å². The average molecular weight is 363 g/mol. The molecule has 0 radical (unpaired) electrons. The molecule has 136 valence electrons. The molecule has 0 fully saturated rings. The molecular formula is C22H18FNO3. The average Bonchev–Trinajstić information content (AvgIpc) is 2.69. The van der Waals surface area contributed by atoms with Gasteiger partial charge < -0.3 is 9.47 Å². The summed E-state index contributed by atoms with van der Waals surface area (Å²) in [6.45, 7) is 0. The minimum absolute atomic E-state index is 0.0487. The van der Waals surface area contributed by atoms with Gasteiger partial charge in [-0.1, -0.05) is 30.4 Å². The summed E-state index contributed by atoms with van der Waals surface area (Å²) >= 11 is 0. The number of hydrogen-bond acceptors (Lipinski definition) is 4. The first-order chi connectivity index (χ1) is 13.1. The number of carbonyl (C=O) groups is 1. The molecule has 0 atom stereocenters. The van der Waals surface area contributed by atoms with Crippen molar-refractivity contribution in [3.8, 4) is 11.5 Å². The molecule has 27 heavy (non-hydrogen) atoms. The van der Waals surface area contributed by atoms with E-state index in [1.165, 1.54) is 19.2 Å². The first-order valence-electron chi connectivity index (χ1n) is 8.35. The van der Waals surface area contributed by atoms with Crippen LogP contribution in [-0.2, 0) is 11.2 Å². The van der Waals surface area contributed by atoms with Crippen molar-refractivity contribution in [3.63, 3.8) is 0 Å². The van der Waals surface area contributed by atoms with E-state index in [0.29, 0.717) is 17.1 Å².